The maximum Gasteiger partial charge on any atom is 0.230 e. The first kappa shape index (κ1) is 14.9. The second kappa shape index (κ2) is 6.75. The van der Waals surface area contributed by atoms with Crippen LogP contribution in [0.2, 0.25) is 5.28 Å². The van der Waals surface area contributed by atoms with Gasteiger partial charge in [0.1, 0.15) is 0 Å². The van der Waals surface area contributed by atoms with E-state index in [1.165, 1.54) is 19.3 Å². The Morgan fingerprint density at radius 1 is 1.05 bits per heavy atom. The van der Waals surface area contributed by atoms with E-state index in [1.54, 1.807) is 11.8 Å². The van der Waals surface area contributed by atoms with Gasteiger partial charge in [-0.3, -0.25) is 0 Å². The van der Waals surface area contributed by atoms with Gasteiger partial charge in [0.15, 0.2) is 5.16 Å². The van der Waals surface area contributed by atoms with Crippen molar-refractivity contribution in [2.75, 3.05) is 18.0 Å². The zero-order chi connectivity index (χ0) is 13.8. The third-order valence-electron chi connectivity index (χ3n) is 3.44. The fourth-order valence-corrected chi connectivity index (χ4v) is 3.00. The Kier molecular flexibility index (Phi) is 5.28. The fourth-order valence-electron chi connectivity index (χ4n) is 1.91. The van der Waals surface area contributed by atoms with Crippen molar-refractivity contribution in [2.24, 2.45) is 5.92 Å². The summed E-state index contributed by atoms with van der Waals surface area (Å²) in [5.74, 6) is 1.32. The topological polar surface area (TPSA) is 41.9 Å². The lowest BCUT2D eigenvalue weighted by molar-refractivity contribution is 0.564. The Hall–Kier alpha value is -0.550. The molecule has 0 radical (unpaired) electrons. The Balaban J connectivity index is 2.14. The van der Waals surface area contributed by atoms with Crippen LogP contribution in [-0.2, 0) is 0 Å². The third-order valence-corrected chi connectivity index (χ3v) is 4.92. The van der Waals surface area contributed by atoms with Gasteiger partial charge >= 0.3 is 0 Å². The highest BCUT2D eigenvalue weighted by Gasteiger charge is 2.17. The van der Waals surface area contributed by atoms with Gasteiger partial charge in [-0.25, -0.2) is 0 Å². The lowest BCUT2D eigenvalue weighted by Gasteiger charge is -2.26. The average Bonchev–Trinajstić information content (AvgIpc) is 2.39. The van der Waals surface area contributed by atoms with Crippen LogP contribution < -0.4 is 4.90 Å². The maximum atomic E-state index is 6.03. The first-order valence-electron chi connectivity index (χ1n) is 6.89. The number of rotatable bonds is 4. The van der Waals surface area contributed by atoms with E-state index in [0.717, 1.165) is 24.2 Å². The molecule has 1 saturated heterocycles. The van der Waals surface area contributed by atoms with Gasteiger partial charge in [0.25, 0.3) is 0 Å². The van der Waals surface area contributed by atoms with Gasteiger partial charge in [0.05, 0.1) is 0 Å². The molecule has 1 aliphatic rings. The Labute approximate surface area is 124 Å². The summed E-state index contributed by atoms with van der Waals surface area (Å²) in [5.41, 5.74) is 0. The van der Waals surface area contributed by atoms with E-state index < -0.39 is 0 Å². The zero-order valence-electron chi connectivity index (χ0n) is 11.8. The molecule has 0 saturated carbocycles. The summed E-state index contributed by atoms with van der Waals surface area (Å²) in [6.45, 7) is 8.62. The van der Waals surface area contributed by atoms with Crippen molar-refractivity contribution in [3.05, 3.63) is 5.28 Å². The highest BCUT2D eigenvalue weighted by molar-refractivity contribution is 7.99. The number of hydrogen-bond acceptors (Lipinski definition) is 5. The quantitative estimate of drug-likeness (QED) is 0.794. The summed E-state index contributed by atoms with van der Waals surface area (Å²) in [7, 11) is 0. The molecule has 1 fully saturated rings. The van der Waals surface area contributed by atoms with Crippen molar-refractivity contribution < 1.29 is 0 Å². The lowest BCUT2D eigenvalue weighted by Crippen LogP contribution is -2.31. The third kappa shape index (κ3) is 4.21. The van der Waals surface area contributed by atoms with Crippen LogP contribution in [0.15, 0.2) is 5.16 Å². The molecule has 2 rings (SSSR count). The monoisotopic (exact) mass is 300 g/mol. The van der Waals surface area contributed by atoms with Crippen LogP contribution in [0.1, 0.15) is 40.0 Å². The molecule has 0 amide bonds. The van der Waals surface area contributed by atoms with E-state index in [0.29, 0.717) is 16.5 Å². The molecule has 0 N–H and O–H groups in total. The number of thioether (sulfide) groups is 1. The van der Waals surface area contributed by atoms with Crippen molar-refractivity contribution in [1.82, 2.24) is 15.0 Å². The number of aromatic nitrogens is 3. The van der Waals surface area contributed by atoms with Crippen LogP contribution in [0.25, 0.3) is 0 Å². The highest BCUT2D eigenvalue weighted by atomic mass is 35.5. The Morgan fingerprint density at radius 3 is 2.37 bits per heavy atom. The predicted molar refractivity (Wildman–Crippen MR) is 81.1 cm³/mol. The van der Waals surface area contributed by atoms with E-state index >= 15 is 0 Å². The molecule has 0 aromatic carbocycles. The minimum absolute atomic E-state index is 0.300. The number of hydrogen-bond donors (Lipinski definition) is 0. The van der Waals surface area contributed by atoms with E-state index in [9.17, 15) is 0 Å². The molecule has 1 aromatic rings. The molecule has 2 heterocycles. The summed E-state index contributed by atoms with van der Waals surface area (Å²) in [4.78, 5) is 15.3. The molecule has 0 bridgehead atoms. The molecule has 4 nitrogen and oxygen atoms in total. The van der Waals surface area contributed by atoms with Crippen LogP contribution >= 0.6 is 23.4 Å². The van der Waals surface area contributed by atoms with E-state index in [-0.39, 0.29) is 0 Å². The number of piperidine rings is 1. The van der Waals surface area contributed by atoms with Gasteiger partial charge in [-0.2, -0.15) is 15.0 Å². The van der Waals surface area contributed by atoms with Crippen molar-refractivity contribution in [1.29, 1.82) is 0 Å². The Morgan fingerprint density at radius 2 is 1.74 bits per heavy atom. The van der Waals surface area contributed by atoms with Gasteiger partial charge < -0.3 is 4.90 Å². The predicted octanol–water partition coefficient (Wildman–Crippen LogP) is 3.65. The van der Waals surface area contributed by atoms with Crippen LogP contribution in [0, 0.1) is 5.92 Å². The summed E-state index contributed by atoms with van der Waals surface area (Å²) in [6.07, 6.45) is 3.70. The van der Waals surface area contributed by atoms with E-state index in [1.807, 2.05) is 0 Å². The SMILES string of the molecule is CC(C)C(C)Sc1nc(Cl)nc(N2CCCCC2)n1. The van der Waals surface area contributed by atoms with Gasteiger partial charge in [0.2, 0.25) is 11.2 Å². The van der Waals surface area contributed by atoms with Crippen LogP contribution in [0.4, 0.5) is 5.95 Å². The summed E-state index contributed by atoms with van der Waals surface area (Å²) >= 11 is 7.70. The molecular weight excluding hydrogens is 280 g/mol. The molecular formula is C13H21ClN4S. The zero-order valence-corrected chi connectivity index (χ0v) is 13.3. The lowest BCUT2D eigenvalue weighted by atomic mass is 10.1. The molecule has 1 unspecified atom stereocenters. The normalized spacial score (nSPS) is 17.8. The van der Waals surface area contributed by atoms with Crippen molar-refractivity contribution >= 4 is 29.3 Å². The van der Waals surface area contributed by atoms with Crippen LogP contribution in [0.3, 0.4) is 0 Å². The standard InChI is InChI=1S/C13H21ClN4S/c1-9(2)10(3)19-13-16-11(14)15-12(17-13)18-7-5-4-6-8-18/h9-10H,4-8H2,1-3H3. The van der Waals surface area contributed by atoms with Crippen molar-refractivity contribution in [3.8, 4) is 0 Å². The largest absolute Gasteiger partial charge is 0.341 e. The highest BCUT2D eigenvalue weighted by Crippen LogP contribution is 2.27. The van der Waals surface area contributed by atoms with Gasteiger partial charge in [0, 0.05) is 18.3 Å². The summed E-state index contributed by atoms with van der Waals surface area (Å²) in [5, 5.41) is 1.50. The molecule has 106 valence electrons. The molecule has 19 heavy (non-hydrogen) atoms. The van der Waals surface area contributed by atoms with Crippen LogP contribution in [-0.4, -0.2) is 33.3 Å². The van der Waals surface area contributed by atoms with Gasteiger partial charge in [-0.1, -0.05) is 32.5 Å². The number of anilines is 1. The smallest absolute Gasteiger partial charge is 0.230 e. The summed E-state index contributed by atoms with van der Waals surface area (Å²) in [6, 6.07) is 0. The maximum absolute atomic E-state index is 6.03. The second-order valence-electron chi connectivity index (χ2n) is 5.30. The minimum atomic E-state index is 0.300. The summed E-state index contributed by atoms with van der Waals surface area (Å²) < 4.78 is 0. The van der Waals surface area contributed by atoms with Gasteiger partial charge in [-0.15, -0.1) is 0 Å². The molecule has 0 spiro atoms. The van der Waals surface area contributed by atoms with E-state index in [4.69, 9.17) is 11.6 Å². The molecule has 1 aliphatic heterocycles. The molecule has 1 atom stereocenters. The number of nitrogens with zero attached hydrogens (tertiary/aromatic N) is 4. The molecule has 6 heteroatoms. The van der Waals surface area contributed by atoms with E-state index in [2.05, 4.69) is 40.6 Å². The van der Waals surface area contributed by atoms with Gasteiger partial charge in [-0.05, 0) is 36.8 Å². The number of halogens is 1. The first-order valence-corrected chi connectivity index (χ1v) is 8.15. The average molecular weight is 301 g/mol. The molecule has 0 aliphatic carbocycles. The Bertz CT molecular complexity index is 421. The first-order chi connectivity index (χ1) is 9.06. The fraction of sp³-hybridized carbons (Fsp3) is 0.769. The second-order valence-corrected chi connectivity index (χ2v) is 6.98. The van der Waals surface area contributed by atoms with Crippen molar-refractivity contribution in [3.63, 3.8) is 0 Å². The molecule has 1 aromatic heterocycles. The van der Waals surface area contributed by atoms with Crippen molar-refractivity contribution in [2.45, 2.75) is 50.4 Å². The minimum Gasteiger partial charge on any atom is -0.341 e. The van der Waals surface area contributed by atoms with Crippen LogP contribution in [0.5, 0.6) is 0 Å².